The minimum atomic E-state index is -0.838. The fourth-order valence-corrected chi connectivity index (χ4v) is 2.10. The number of amides is 2. The van der Waals surface area contributed by atoms with Gasteiger partial charge in [0.05, 0.1) is 23.4 Å². The SMILES string of the molecule is O=C(COCc1ccccn1)ON1C(=O)c2ccccc2C1=O. The molecule has 0 fully saturated rings. The van der Waals surface area contributed by atoms with E-state index in [1.54, 1.807) is 36.5 Å². The number of hydrogen-bond donors (Lipinski definition) is 0. The minimum absolute atomic E-state index is 0.123. The maximum absolute atomic E-state index is 12.0. The summed E-state index contributed by atoms with van der Waals surface area (Å²) in [5.74, 6) is -2.16. The summed E-state index contributed by atoms with van der Waals surface area (Å²) >= 11 is 0. The number of nitrogens with zero attached hydrogens (tertiary/aromatic N) is 2. The Kier molecular flexibility index (Phi) is 4.11. The maximum atomic E-state index is 12.0. The van der Waals surface area contributed by atoms with E-state index in [0.717, 1.165) is 0 Å². The van der Waals surface area contributed by atoms with Crippen molar-refractivity contribution in [3.05, 3.63) is 65.5 Å². The van der Waals surface area contributed by atoms with E-state index >= 15 is 0 Å². The summed E-state index contributed by atoms with van der Waals surface area (Å²) in [7, 11) is 0. The van der Waals surface area contributed by atoms with Gasteiger partial charge in [-0.05, 0) is 24.3 Å². The second-order valence-electron chi connectivity index (χ2n) is 4.73. The second kappa shape index (κ2) is 6.37. The van der Waals surface area contributed by atoms with Crippen molar-refractivity contribution in [2.24, 2.45) is 0 Å². The molecule has 0 unspecified atom stereocenters. The number of carbonyl (C=O) groups is 3. The summed E-state index contributed by atoms with van der Waals surface area (Å²) in [4.78, 5) is 44.6. The van der Waals surface area contributed by atoms with Gasteiger partial charge in [-0.1, -0.05) is 23.3 Å². The smallest absolute Gasteiger partial charge is 0.358 e. The van der Waals surface area contributed by atoms with Crippen LogP contribution in [0.3, 0.4) is 0 Å². The summed E-state index contributed by atoms with van der Waals surface area (Å²) in [6.07, 6.45) is 1.61. The van der Waals surface area contributed by atoms with Gasteiger partial charge in [0.25, 0.3) is 11.8 Å². The minimum Gasteiger partial charge on any atom is -0.363 e. The Hall–Kier alpha value is -3.06. The normalized spacial score (nSPS) is 13.1. The largest absolute Gasteiger partial charge is 0.363 e. The molecule has 1 aliphatic heterocycles. The van der Waals surface area contributed by atoms with Gasteiger partial charge in [0.15, 0.2) is 0 Å². The van der Waals surface area contributed by atoms with Crippen LogP contribution in [0.5, 0.6) is 0 Å². The third-order valence-corrected chi connectivity index (χ3v) is 3.15. The van der Waals surface area contributed by atoms with Crippen molar-refractivity contribution in [1.29, 1.82) is 0 Å². The monoisotopic (exact) mass is 312 g/mol. The van der Waals surface area contributed by atoms with E-state index in [1.165, 1.54) is 12.1 Å². The molecular weight excluding hydrogens is 300 g/mol. The first-order chi connectivity index (χ1) is 11.2. The predicted molar refractivity (Wildman–Crippen MR) is 76.9 cm³/mol. The molecule has 7 heteroatoms. The summed E-state index contributed by atoms with van der Waals surface area (Å²) in [6.45, 7) is -0.276. The van der Waals surface area contributed by atoms with Crippen LogP contribution in [-0.4, -0.2) is 34.4 Å². The Morgan fingerprint density at radius 1 is 1.00 bits per heavy atom. The van der Waals surface area contributed by atoms with Gasteiger partial charge in [0.2, 0.25) is 0 Å². The number of imide groups is 1. The van der Waals surface area contributed by atoms with Gasteiger partial charge in [0, 0.05) is 6.20 Å². The molecule has 0 radical (unpaired) electrons. The summed E-state index contributed by atoms with van der Waals surface area (Å²) < 4.78 is 5.15. The highest BCUT2D eigenvalue weighted by atomic mass is 16.7. The maximum Gasteiger partial charge on any atom is 0.358 e. The van der Waals surface area contributed by atoms with Crippen molar-refractivity contribution in [2.75, 3.05) is 6.61 Å². The van der Waals surface area contributed by atoms with Crippen LogP contribution >= 0.6 is 0 Å². The molecule has 0 saturated carbocycles. The molecule has 0 atom stereocenters. The molecule has 0 aliphatic carbocycles. The molecule has 0 N–H and O–H groups in total. The molecule has 23 heavy (non-hydrogen) atoms. The second-order valence-corrected chi connectivity index (χ2v) is 4.73. The van der Waals surface area contributed by atoms with E-state index in [1.807, 2.05) is 0 Å². The number of rotatable bonds is 5. The summed E-state index contributed by atoms with van der Waals surface area (Å²) in [5, 5.41) is 0.455. The van der Waals surface area contributed by atoms with Gasteiger partial charge in [-0.3, -0.25) is 14.6 Å². The van der Waals surface area contributed by atoms with Crippen molar-refractivity contribution >= 4 is 17.8 Å². The number of aromatic nitrogens is 1. The third kappa shape index (κ3) is 3.09. The molecule has 2 heterocycles. The Bertz CT molecular complexity index is 725. The number of ether oxygens (including phenoxy) is 1. The third-order valence-electron chi connectivity index (χ3n) is 3.15. The van der Waals surface area contributed by atoms with Gasteiger partial charge in [-0.25, -0.2) is 4.79 Å². The molecule has 1 aliphatic rings. The standard InChI is InChI=1S/C16H12N2O5/c19-14(10-22-9-11-5-3-4-8-17-11)23-18-15(20)12-6-1-2-7-13(12)16(18)21/h1-8H,9-10H2. The molecule has 2 amide bonds. The van der Waals surface area contributed by atoms with Gasteiger partial charge in [-0.2, -0.15) is 0 Å². The Labute approximate surface area is 131 Å². The lowest BCUT2D eigenvalue weighted by atomic mass is 10.1. The van der Waals surface area contributed by atoms with Crippen molar-refractivity contribution in [3.8, 4) is 0 Å². The first-order valence-corrected chi connectivity index (χ1v) is 6.83. The summed E-state index contributed by atoms with van der Waals surface area (Å²) in [6, 6.07) is 11.6. The summed E-state index contributed by atoms with van der Waals surface area (Å²) in [5.41, 5.74) is 1.07. The van der Waals surface area contributed by atoms with Crippen molar-refractivity contribution < 1.29 is 24.0 Å². The molecule has 2 aromatic rings. The first kappa shape index (κ1) is 14.9. The fourth-order valence-electron chi connectivity index (χ4n) is 2.10. The van der Waals surface area contributed by atoms with E-state index < -0.39 is 24.4 Å². The molecule has 0 spiro atoms. The molecule has 3 rings (SSSR count). The van der Waals surface area contributed by atoms with Crippen LogP contribution in [0.2, 0.25) is 0 Å². The molecule has 1 aromatic heterocycles. The topological polar surface area (TPSA) is 85.8 Å². The number of pyridine rings is 1. The van der Waals surface area contributed by atoms with E-state index in [4.69, 9.17) is 9.57 Å². The van der Waals surface area contributed by atoms with Gasteiger partial charge in [-0.15, -0.1) is 0 Å². The fraction of sp³-hybridized carbons (Fsp3) is 0.125. The Balaban J connectivity index is 1.55. The lowest BCUT2D eigenvalue weighted by Crippen LogP contribution is -2.34. The molecule has 1 aromatic carbocycles. The molecule has 7 nitrogen and oxygen atoms in total. The lowest BCUT2D eigenvalue weighted by molar-refractivity contribution is -0.174. The van der Waals surface area contributed by atoms with Crippen LogP contribution in [0.15, 0.2) is 48.7 Å². The van der Waals surface area contributed by atoms with E-state index in [0.29, 0.717) is 10.8 Å². The van der Waals surface area contributed by atoms with Crippen molar-refractivity contribution in [3.63, 3.8) is 0 Å². The zero-order valence-electron chi connectivity index (χ0n) is 12.0. The number of hydrogen-bond acceptors (Lipinski definition) is 6. The van der Waals surface area contributed by atoms with Crippen LogP contribution in [0.25, 0.3) is 0 Å². The van der Waals surface area contributed by atoms with Crippen LogP contribution in [0, 0.1) is 0 Å². The van der Waals surface area contributed by atoms with Crippen LogP contribution in [-0.2, 0) is 21.0 Å². The molecular formula is C16H12N2O5. The lowest BCUT2D eigenvalue weighted by Gasteiger charge is -2.12. The number of benzene rings is 1. The van der Waals surface area contributed by atoms with Crippen molar-refractivity contribution in [1.82, 2.24) is 10.0 Å². The quantitative estimate of drug-likeness (QED) is 0.775. The van der Waals surface area contributed by atoms with Gasteiger partial charge < -0.3 is 9.57 Å². The van der Waals surface area contributed by atoms with Gasteiger partial charge >= 0.3 is 5.97 Å². The highest BCUT2D eigenvalue weighted by Gasteiger charge is 2.38. The Morgan fingerprint density at radius 2 is 1.65 bits per heavy atom. The van der Waals surface area contributed by atoms with E-state index in [-0.39, 0.29) is 17.7 Å². The highest BCUT2D eigenvalue weighted by molar-refractivity contribution is 6.20. The van der Waals surface area contributed by atoms with Gasteiger partial charge in [0.1, 0.15) is 6.61 Å². The van der Waals surface area contributed by atoms with Crippen LogP contribution in [0.1, 0.15) is 26.4 Å². The zero-order valence-corrected chi connectivity index (χ0v) is 12.0. The average Bonchev–Trinajstić information content (AvgIpc) is 2.81. The van der Waals surface area contributed by atoms with Crippen LogP contribution < -0.4 is 0 Å². The zero-order chi connectivity index (χ0) is 16.2. The number of fused-ring (bicyclic) bond motifs is 1. The highest BCUT2D eigenvalue weighted by Crippen LogP contribution is 2.22. The molecule has 0 saturated heterocycles. The first-order valence-electron chi connectivity index (χ1n) is 6.83. The Morgan fingerprint density at radius 3 is 2.26 bits per heavy atom. The molecule has 116 valence electrons. The van der Waals surface area contributed by atoms with Crippen molar-refractivity contribution in [2.45, 2.75) is 6.61 Å². The average molecular weight is 312 g/mol. The van der Waals surface area contributed by atoms with E-state index in [9.17, 15) is 14.4 Å². The number of carbonyl (C=O) groups excluding carboxylic acids is 3. The predicted octanol–water partition coefficient (Wildman–Crippen LogP) is 1.35. The number of hydroxylamine groups is 2. The van der Waals surface area contributed by atoms with Crippen LogP contribution in [0.4, 0.5) is 0 Å². The van der Waals surface area contributed by atoms with E-state index in [2.05, 4.69) is 4.98 Å². The molecule has 0 bridgehead atoms.